The summed E-state index contributed by atoms with van der Waals surface area (Å²) < 4.78 is 0. The molecule has 6 heteroatoms. The van der Waals surface area contributed by atoms with E-state index in [0.717, 1.165) is 139 Å². The molecular formula is C60H74O2Si4. The van der Waals surface area contributed by atoms with Crippen LogP contribution in [0.15, 0.2) is 60.7 Å². The second kappa shape index (κ2) is 21.5. The van der Waals surface area contributed by atoms with Crippen molar-refractivity contribution in [2.75, 3.05) is 0 Å². The molecule has 2 aliphatic carbocycles. The summed E-state index contributed by atoms with van der Waals surface area (Å²) >= 11 is 0. The molecule has 0 fully saturated rings. The molecule has 2 atom stereocenters. The number of hydrogen-bond acceptors (Lipinski definition) is 2. The van der Waals surface area contributed by atoms with Crippen LogP contribution >= 0.6 is 0 Å². The summed E-state index contributed by atoms with van der Waals surface area (Å²) in [5, 5.41) is 4.15. The van der Waals surface area contributed by atoms with Crippen molar-refractivity contribution in [2.24, 2.45) is 0 Å². The molecule has 2 unspecified atom stereocenters. The zero-order chi connectivity index (χ0) is 47.9. The van der Waals surface area contributed by atoms with Crippen molar-refractivity contribution >= 4 is 77.6 Å². The van der Waals surface area contributed by atoms with Crippen LogP contribution in [0.2, 0.25) is 72.5 Å². The zero-order valence-electron chi connectivity index (χ0n) is 42.4. The lowest BCUT2D eigenvalue weighted by molar-refractivity contribution is -0.122. The quantitative estimate of drug-likeness (QED) is 0.0989. The van der Waals surface area contributed by atoms with Gasteiger partial charge in [0, 0.05) is 22.3 Å². The van der Waals surface area contributed by atoms with Gasteiger partial charge in [-0.1, -0.05) is 155 Å². The summed E-state index contributed by atoms with van der Waals surface area (Å²) in [4.78, 5) is 30.7. The third-order valence-electron chi connectivity index (χ3n) is 16.9. The number of ketones is 2. The average Bonchev–Trinajstić information content (AvgIpc) is 3.36. The Labute approximate surface area is 403 Å². The van der Waals surface area contributed by atoms with E-state index in [1.54, 1.807) is 12.2 Å². The topological polar surface area (TPSA) is 34.1 Å². The smallest absolute Gasteiger partial charge is 0.164 e. The van der Waals surface area contributed by atoms with Gasteiger partial charge in [-0.05, 0) is 141 Å². The van der Waals surface area contributed by atoms with Crippen molar-refractivity contribution < 1.29 is 9.59 Å². The molecule has 0 saturated carbocycles. The molecule has 66 heavy (non-hydrogen) atoms. The zero-order valence-corrected chi connectivity index (χ0v) is 46.4. The van der Waals surface area contributed by atoms with Gasteiger partial charge in [0.15, 0.2) is 11.6 Å². The SMILES string of the molecule is CC[Si](C#Cc1c2c(c(C#C[Si](CC)(CC)CC)c3ccccc13)C(C1C(=O)C=Cc3c1c(C#C[Si](CC)(CC)CC)c1ccccc1c3C#C[Si](CC)(CC)CC)C(=O)C=C2)(CC)CC. The second-order valence-electron chi connectivity index (χ2n) is 19.0. The molecule has 6 rings (SSSR count). The predicted octanol–water partition coefficient (Wildman–Crippen LogP) is 15.6. The number of rotatable bonds is 13. The maximum absolute atomic E-state index is 15.3. The van der Waals surface area contributed by atoms with E-state index < -0.39 is 44.1 Å². The Morgan fingerprint density at radius 2 is 0.576 bits per heavy atom. The van der Waals surface area contributed by atoms with Gasteiger partial charge in [-0.3, -0.25) is 9.59 Å². The highest BCUT2D eigenvalue weighted by Gasteiger charge is 2.44. The first-order valence-electron chi connectivity index (χ1n) is 25.6. The normalized spacial score (nSPS) is 15.8. The predicted molar refractivity (Wildman–Crippen MR) is 298 cm³/mol. The number of carbonyl (C=O) groups is 2. The van der Waals surface area contributed by atoms with E-state index in [2.05, 4.69) is 177 Å². The van der Waals surface area contributed by atoms with Crippen molar-refractivity contribution in [2.45, 2.75) is 167 Å². The van der Waals surface area contributed by atoms with Gasteiger partial charge in [0.2, 0.25) is 0 Å². The summed E-state index contributed by atoms with van der Waals surface area (Å²) in [6.07, 6.45) is 7.48. The minimum atomic E-state index is -1.96. The van der Waals surface area contributed by atoms with Crippen molar-refractivity contribution in [1.29, 1.82) is 0 Å². The lowest BCUT2D eigenvalue weighted by Crippen LogP contribution is -2.32. The Morgan fingerprint density at radius 3 is 0.818 bits per heavy atom. The molecule has 0 N–H and O–H groups in total. The minimum Gasteiger partial charge on any atom is -0.294 e. The van der Waals surface area contributed by atoms with Crippen LogP contribution in [0.25, 0.3) is 33.7 Å². The molecule has 4 aromatic rings. The van der Waals surface area contributed by atoms with E-state index in [1.165, 1.54) is 0 Å². The van der Waals surface area contributed by atoms with Gasteiger partial charge < -0.3 is 0 Å². The Hall–Kier alpha value is -4.67. The number of benzene rings is 4. The molecule has 0 aromatic heterocycles. The summed E-state index contributed by atoms with van der Waals surface area (Å²) in [6.45, 7) is 27.5. The monoisotopic (exact) mass is 938 g/mol. The molecule has 4 aromatic carbocycles. The summed E-state index contributed by atoms with van der Waals surface area (Å²) in [5.41, 5.74) is 23.0. The summed E-state index contributed by atoms with van der Waals surface area (Å²) in [7, 11) is -7.70. The highest BCUT2D eigenvalue weighted by Crippen LogP contribution is 2.50. The van der Waals surface area contributed by atoms with E-state index in [1.807, 2.05) is 12.2 Å². The Balaban J connectivity index is 1.85. The van der Waals surface area contributed by atoms with E-state index in [4.69, 9.17) is 0 Å². The molecule has 0 saturated heterocycles. The summed E-state index contributed by atoms with van der Waals surface area (Å²) in [5.74, 6) is 13.6. The fourth-order valence-corrected chi connectivity index (χ4v) is 20.5. The molecule has 0 radical (unpaired) electrons. The van der Waals surface area contributed by atoms with E-state index in [-0.39, 0.29) is 11.6 Å². The Bertz CT molecular complexity index is 2600. The maximum atomic E-state index is 15.3. The standard InChI is InChI=1S/C60H74O2Si4/c1-13-63(14-2,15-3)41-37-49-45-29-25-27-31-47(45)53(39-43-65(19-7,20-8)21-9)57-51(49)33-35-55(61)59(57)60-56(62)36-34-52-50(38-42-64(16-4,17-5)18-6)46-30-26-28-32-48(46)54(58(52)60)40-44-66(22-10,23-11)24-12/h25-36,59-60H,13-24H2,1-12H3. The molecule has 0 aliphatic heterocycles. The van der Waals surface area contributed by atoms with Gasteiger partial charge in [-0.2, -0.15) is 0 Å². The largest absolute Gasteiger partial charge is 0.294 e. The number of fused-ring (bicyclic) bond motifs is 4. The van der Waals surface area contributed by atoms with Crippen LogP contribution in [0.4, 0.5) is 0 Å². The number of allylic oxidation sites excluding steroid dienone is 2. The third kappa shape index (κ3) is 9.30. The molecule has 342 valence electrons. The Morgan fingerprint density at radius 1 is 0.348 bits per heavy atom. The van der Waals surface area contributed by atoms with Crippen LogP contribution < -0.4 is 0 Å². The molecule has 0 amide bonds. The molecule has 0 heterocycles. The fraction of sp³-hybridized carbons (Fsp3) is 0.433. The van der Waals surface area contributed by atoms with Crippen LogP contribution in [0.3, 0.4) is 0 Å². The molecule has 2 aliphatic rings. The van der Waals surface area contributed by atoms with Gasteiger partial charge in [-0.15, -0.1) is 22.2 Å². The third-order valence-corrected chi connectivity index (χ3v) is 35.8. The highest BCUT2D eigenvalue weighted by molar-refractivity contribution is 6.88. The van der Waals surface area contributed by atoms with Gasteiger partial charge in [0.05, 0.1) is 11.8 Å². The van der Waals surface area contributed by atoms with Crippen molar-refractivity contribution in [1.82, 2.24) is 0 Å². The van der Waals surface area contributed by atoms with Gasteiger partial charge in [-0.25, -0.2) is 0 Å². The first-order chi connectivity index (χ1) is 31.9. The van der Waals surface area contributed by atoms with Gasteiger partial charge >= 0.3 is 0 Å². The van der Waals surface area contributed by atoms with Crippen molar-refractivity contribution in [3.05, 3.63) is 105 Å². The van der Waals surface area contributed by atoms with Crippen molar-refractivity contribution in [3.8, 4) is 45.9 Å². The molecule has 0 spiro atoms. The molecular weight excluding hydrogens is 865 g/mol. The minimum absolute atomic E-state index is 0.0720. The fourth-order valence-electron chi connectivity index (χ4n) is 10.8. The number of carbonyl (C=O) groups excluding carboxylic acids is 2. The molecule has 2 nitrogen and oxygen atoms in total. The van der Waals surface area contributed by atoms with Crippen LogP contribution in [0, 0.1) is 45.9 Å². The van der Waals surface area contributed by atoms with Crippen LogP contribution in [-0.4, -0.2) is 43.9 Å². The first-order valence-corrected chi connectivity index (χ1v) is 36.1. The Kier molecular flexibility index (Phi) is 16.5. The second-order valence-corrected chi connectivity index (χ2v) is 38.8. The lowest BCUT2D eigenvalue weighted by atomic mass is 9.66. The van der Waals surface area contributed by atoms with Crippen LogP contribution in [-0.2, 0) is 9.59 Å². The van der Waals surface area contributed by atoms with Crippen LogP contribution in [0.5, 0.6) is 0 Å². The van der Waals surface area contributed by atoms with E-state index >= 15 is 9.59 Å². The first kappa shape index (κ1) is 50.7. The van der Waals surface area contributed by atoms with E-state index in [9.17, 15) is 0 Å². The van der Waals surface area contributed by atoms with Crippen molar-refractivity contribution in [3.63, 3.8) is 0 Å². The van der Waals surface area contributed by atoms with E-state index in [0.29, 0.717) is 0 Å². The lowest BCUT2D eigenvalue weighted by Gasteiger charge is -2.34. The average molecular weight is 940 g/mol. The molecule has 0 bridgehead atoms. The van der Waals surface area contributed by atoms with Gasteiger partial charge in [0.25, 0.3) is 0 Å². The number of hydrogen-bond donors (Lipinski definition) is 0. The van der Waals surface area contributed by atoms with Crippen LogP contribution in [0.1, 0.15) is 139 Å². The van der Waals surface area contributed by atoms with Gasteiger partial charge in [0.1, 0.15) is 32.3 Å². The summed E-state index contributed by atoms with van der Waals surface area (Å²) in [6, 6.07) is 30.0. The maximum Gasteiger partial charge on any atom is 0.164 e. The highest BCUT2D eigenvalue weighted by atomic mass is 28.3.